The van der Waals surface area contributed by atoms with Gasteiger partial charge in [0.2, 0.25) is 5.82 Å². The second-order valence-electron chi connectivity index (χ2n) is 7.32. The van der Waals surface area contributed by atoms with E-state index in [1.165, 1.54) is 0 Å². The molecule has 0 unspecified atom stereocenters. The second-order valence-corrected chi connectivity index (χ2v) is 7.32. The van der Waals surface area contributed by atoms with Gasteiger partial charge in [0.15, 0.2) is 29.2 Å². The molecule has 2 aliphatic carbocycles. The first-order chi connectivity index (χ1) is 13.0. The minimum atomic E-state index is -2.17. The van der Waals surface area contributed by atoms with Crippen molar-refractivity contribution in [3.8, 4) is 0 Å². The average molecular weight is 389 g/mol. The molecule has 3 rings (SSSR count). The Bertz CT molecular complexity index is 666. The van der Waals surface area contributed by atoms with Crippen LogP contribution in [0.3, 0.4) is 0 Å². The van der Waals surface area contributed by atoms with Crippen LogP contribution in [-0.4, -0.2) is 18.0 Å². The lowest BCUT2D eigenvalue weighted by Crippen LogP contribution is -2.41. The summed E-state index contributed by atoms with van der Waals surface area (Å²) in [6.45, 7) is 0. The minimum Gasteiger partial charge on any atom is -0.353 e. The van der Waals surface area contributed by atoms with Gasteiger partial charge in [-0.3, -0.25) is 0 Å². The van der Waals surface area contributed by atoms with Crippen molar-refractivity contribution in [1.82, 2.24) is 5.32 Å². The van der Waals surface area contributed by atoms with Gasteiger partial charge in [-0.2, -0.15) is 0 Å². The van der Waals surface area contributed by atoms with Gasteiger partial charge in [0.05, 0.1) is 6.04 Å². The zero-order valence-corrected chi connectivity index (χ0v) is 15.1. The Balaban J connectivity index is 1.87. The van der Waals surface area contributed by atoms with Gasteiger partial charge < -0.3 is 10.6 Å². The van der Waals surface area contributed by atoms with E-state index in [9.17, 15) is 22.0 Å². The van der Waals surface area contributed by atoms with Crippen LogP contribution < -0.4 is 10.6 Å². The lowest BCUT2D eigenvalue weighted by atomic mass is 9.95. The fourth-order valence-corrected chi connectivity index (χ4v) is 3.77. The molecule has 0 aromatic heterocycles. The first kappa shape index (κ1) is 19.9. The van der Waals surface area contributed by atoms with Crippen molar-refractivity contribution in [3.63, 3.8) is 0 Å². The van der Waals surface area contributed by atoms with E-state index >= 15 is 0 Å². The average Bonchev–Trinajstić information content (AvgIpc) is 2.69. The molecule has 27 heavy (non-hydrogen) atoms. The Hall–Kier alpha value is -1.86. The summed E-state index contributed by atoms with van der Waals surface area (Å²) >= 11 is 0. The molecule has 0 saturated heterocycles. The molecule has 0 amide bonds. The van der Waals surface area contributed by atoms with Crippen molar-refractivity contribution >= 4 is 11.6 Å². The standard InChI is InChI=1S/C19H24F5N3/c20-13-14(21)16(23)18(17(24)15(13)22)27-19(25-11-7-3-1-4-8-11)26-12-9-5-2-6-10-12/h11-12H,1-10H2,(H2,25,26,27). The van der Waals surface area contributed by atoms with E-state index < -0.39 is 34.8 Å². The molecule has 0 spiro atoms. The van der Waals surface area contributed by atoms with E-state index in [-0.39, 0.29) is 18.0 Å². The van der Waals surface area contributed by atoms with Crippen LogP contribution in [0, 0.1) is 29.1 Å². The SMILES string of the molecule is Fc1c(F)c(F)c(NC(=NC2CCCCC2)NC2CCCCC2)c(F)c1F. The number of nitrogens with one attached hydrogen (secondary N) is 2. The highest BCUT2D eigenvalue weighted by Crippen LogP contribution is 2.28. The Morgan fingerprint density at radius 2 is 1.15 bits per heavy atom. The number of nitrogens with zero attached hydrogens (tertiary/aromatic N) is 1. The monoisotopic (exact) mass is 389 g/mol. The fraction of sp³-hybridized carbons (Fsp3) is 0.632. The molecule has 3 nitrogen and oxygen atoms in total. The number of rotatable bonds is 3. The molecule has 2 saturated carbocycles. The normalized spacial score (nSPS) is 20.0. The van der Waals surface area contributed by atoms with Gasteiger partial charge in [-0.15, -0.1) is 0 Å². The van der Waals surface area contributed by atoms with E-state index in [4.69, 9.17) is 0 Å². The van der Waals surface area contributed by atoms with Crippen LogP contribution in [0.1, 0.15) is 64.2 Å². The number of halogens is 5. The molecule has 0 bridgehead atoms. The topological polar surface area (TPSA) is 36.4 Å². The molecular formula is C19H24F5N3. The number of anilines is 1. The molecule has 0 atom stereocenters. The summed E-state index contributed by atoms with van der Waals surface area (Å²) < 4.78 is 68.4. The first-order valence-electron chi connectivity index (χ1n) is 9.60. The lowest BCUT2D eigenvalue weighted by Gasteiger charge is -2.27. The van der Waals surface area contributed by atoms with E-state index in [1.807, 2.05) is 0 Å². The number of hydrogen-bond donors (Lipinski definition) is 2. The molecular weight excluding hydrogens is 365 g/mol. The molecule has 150 valence electrons. The van der Waals surface area contributed by atoms with Crippen molar-refractivity contribution in [3.05, 3.63) is 29.1 Å². The summed E-state index contributed by atoms with van der Waals surface area (Å²) in [5.74, 6) is -9.78. The maximum absolute atomic E-state index is 14.1. The third kappa shape index (κ3) is 4.71. The Kier molecular flexibility index (Phi) is 6.55. The molecule has 0 radical (unpaired) electrons. The van der Waals surface area contributed by atoms with Crippen molar-refractivity contribution in [1.29, 1.82) is 0 Å². The first-order valence-corrected chi connectivity index (χ1v) is 9.60. The molecule has 2 fully saturated rings. The van der Waals surface area contributed by atoms with Crippen molar-refractivity contribution in [2.45, 2.75) is 76.3 Å². The quantitative estimate of drug-likeness (QED) is 0.239. The largest absolute Gasteiger partial charge is 0.353 e. The Labute approximate surface area is 155 Å². The fourth-order valence-electron chi connectivity index (χ4n) is 3.77. The number of benzene rings is 1. The Morgan fingerprint density at radius 1 is 0.667 bits per heavy atom. The van der Waals surface area contributed by atoms with Crippen LogP contribution in [0.2, 0.25) is 0 Å². The zero-order chi connectivity index (χ0) is 19.4. The van der Waals surface area contributed by atoms with Gasteiger partial charge in [-0.1, -0.05) is 38.5 Å². The summed E-state index contributed by atoms with van der Waals surface area (Å²) in [6, 6.07) is 0.0356. The summed E-state index contributed by atoms with van der Waals surface area (Å²) in [7, 11) is 0. The molecule has 8 heteroatoms. The highest BCUT2D eigenvalue weighted by molar-refractivity contribution is 5.94. The number of hydrogen-bond acceptors (Lipinski definition) is 1. The third-order valence-corrected chi connectivity index (χ3v) is 5.29. The highest BCUT2D eigenvalue weighted by atomic mass is 19.2. The van der Waals surface area contributed by atoms with Gasteiger partial charge >= 0.3 is 0 Å². The van der Waals surface area contributed by atoms with Crippen molar-refractivity contribution in [2.24, 2.45) is 4.99 Å². The highest BCUT2D eigenvalue weighted by Gasteiger charge is 2.27. The maximum Gasteiger partial charge on any atom is 0.200 e. The number of guanidine groups is 1. The maximum atomic E-state index is 14.1. The van der Waals surface area contributed by atoms with Crippen molar-refractivity contribution < 1.29 is 22.0 Å². The van der Waals surface area contributed by atoms with Gasteiger partial charge in [0.1, 0.15) is 5.69 Å². The van der Waals surface area contributed by atoms with Gasteiger partial charge in [-0.05, 0) is 25.7 Å². The summed E-state index contributed by atoms with van der Waals surface area (Å²) in [4.78, 5) is 4.51. The lowest BCUT2D eigenvalue weighted by molar-refractivity contribution is 0.381. The van der Waals surface area contributed by atoms with E-state index in [0.29, 0.717) is 0 Å². The molecule has 0 aliphatic heterocycles. The van der Waals surface area contributed by atoms with Crippen LogP contribution >= 0.6 is 0 Å². The summed E-state index contributed by atoms with van der Waals surface area (Å²) in [5, 5.41) is 5.49. The predicted octanol–water partition coefficient (Wildman–Crippen LogP) is 5.41. The Morgan fingerprint density at radius 3 is 1.70 bits per heavy atom. The van der Waals surface area contributed by atoms with E-state index in [1.54, 1.807) is 0 Å². The van der Waals surface area contributed by atoms with Crippen LogP contribution in [0.25, 0.3) is 0 Å². The predicted molar refractivity (Wildman–Crippen MR) is 94.2 cm³/mol. The minimum absolute atomic E-state index is 0.0291. The second kappa shape index (κ2) is 8.89. The van der Waals surface area contributed by atoms with E-state index in [0.717, 1.165) is 64.2 Å². The number of aliphatic imine (C=N–C) groups is 1. The van der Waals surface area contributed by atoms with Gasteiger partial charge in [0, 0.05) is 6.04 Å². The van der Waals surface area contributed by atoms with Crippen molar-refractivity contribution in [2.75, 3.05) is 5.32 Å². The zero-order valence-electron chi connectivity index (χ0n) is 15.1. The van der Waals surface area contributed by atoms with E-state index in [2.05, 4.69) is 15.6 Å². The molecule has 0 heterocycles. The summed E-state index contributed by atoms with van der Waals surface area (Å²) in [6.07, 6.45) is 9.74. The third-order valence-electron chi connectivity index (χ3n) is 5.29. The van der Waals surface area contributed by atoms with Crippen LogP contribution in [0.15, 0.2) is 4.99 Å². The molecule has 1 aromatic carbocycles. The molecule has 2 aliphatic rings. The van der Waals surface area contributed by atoms with Crippen LogP contribution in [0.4, 0.5) is 27.6 Å². The summed E-state index contributed by atoms with van der Waals surface area (Å²) in [5.41, 5.74) is -1.07. The van der Waals surface area contributed by atoms with Crippen LogP contribution in [0.5, 0.6) is 0 Å². The van der Waals surface area contributed by atoms with Gasteiger partial charge in [-0.25, -0.2) is 26.9 Å². The van der Waals surface area contributed by atoms with Crippen LogP contribution in [-0.2, 0) is 0 Å². The molecule has 2 N–H and O–H groups in total. The smallest absolute Gasteiger partial charge is 0.200 e. The molecule has 1 aromatic rings. The van der Waals surface area contributed by atoms with Gasteiger partial charge in [0.25, 0.3) is 0 Å².